The molecule has 0 radical (unpaired) electrons. The molecule has 0 atom stereocenters. The number of rotatable bonds is 3. The van der Waals surface area contributed by atoms with E-state index < -0.39 is 0 Å². The van der Waals surface area contributed by atoms with E-state index in [0.717, 1.165) is 21.7 Å². The van der Waals surface area contributed by atoms with Crippen LogP contribution in [0.3, 0.4) is 0 Å². The molecule has 0 saturated carbocycles. The van der Waals surface area contributed by atoms with Gasteiger partial charge in [-0.15, -0.1) is 11.3 Å². The second-order valence-electron chi connectivity index (χ2n) is 4.97. The van der Waals surface area contributed by atoms with Crippen molar-refractivity contribution in [3.8, 4) is 0 Å². The van der Waals surface area contributed by atoms with Crippen LogP contribution in [0.25, 0.3) is 10.2 Å². The number of aromatic nitrogens is 2. The molecule has 6 nitrogen and oxygen atoms in total. The summed E-state index contributed by atoms with van der Waals surface area (Å²) < 4.78 is 7.03. The zero-order valence-corrected chi connectivity index (χ0v) is 12.9. The van der Waals surface area contributed by atoms with Gasteiger partial charge in [-0.25, -0.2) is 0 Å². The molecule has 2 N–H and O–H groups in total. The van der Waals surface area contributed by atoms with Crippen LogP contribution in [-0.4, -0.2) is 27.6 Å². The second-order valence-corrected chi connectivity index (χ2v) is 5.97. The minimum Gasteiger partial charge on any atom is -0.467 e. The standard InChI is InChI=1S/C14H16N4O2S/c1-8-10-11(15)12(21-14(10)18(3)16-8)13(19)17(2)7-9-5-4-6-20-9/h4-6H,7,15H2,1-3H3. The van der Waals surface area contributed by atoms with Gasteiger partial charge >= 0.3 is 0 Å². The lowest BCUT2D eigenvalue weighted by molar-refractivity contribution is 0.0781. The Bertz CT molecular complexity index is 801. The molecule has 1 amide bonds. The van der Waals surface area contributed by atoms with E-state index in [2.05, 4.69) is 5.10 Å². The molecular weight excluding hydrogens is 288 g/mol. The first-order chi connectivity index (χ1) is 9.99. The van der Waals surface area contributed by atoms with Gasteiger partial charge in [-0.3, -0.25) is 9.48 Å². The molecule has 3 aromatic rings. The lowest BCUT2D eigenvalue weighted by Gasteiger charge is -2.15. The molecular formula is C14H16N4O2S. The van der Waals surface area contributed by atoms with E-state index >= 15 is 0 Å². The smallest absolute Gasteiger partial charge is 0.266 e. The average molecular weight is 304 g/mol. The number of aryl methyl sites for hydroxylation is 2. The van der Waals surface area contributed by atoms with Crippen LogP contribution in [0.2, 0.25) is 0 Å². The zero-order valence-electron chi connectivity index (χ0n) is 12.1. The van der Waals surface area contributed by atoms with Crippen LogP contribution in [0.4, 0.5) is 5.69 Å². The Morgan fingerprint density at radius 1 is 1.57 bits per heavy atom. The first-order valence-electron chi connectivity index (χ1n) is 6.48. The molecule has 0 aliphatic rings. The fourth-order valence-electron chi connectivity index (χ4n) is 2.37. The number of nitrogens with zero attached hydrogens (tertiary/aromatic N) is 3. The SMILES string of the molecule is Cc1nn(C)c2sc(C(=O)N(C)Cc3ccco3)c(N)c12. The fourth-order valence-corrected chi connectivity index (χ4v) is 3.55. The molecule has 0 aliphatic carbocycles. The zero-order chi connectivity index (χ0) is 15.1. The summed E-state index contributed by atoms with van der Waals surface area (Å²) in [6.07, 6.45) is 1.59. The Morgan fingerprint density at radius 3 is 2.95 bits per heavy atom. The van der Waals surface area contributed by atoms with Gasteiger partial charge in [-0.2, -0.15) is 5.10 Å². The maximum atomic E-state index is 12.6. The van der Waals surface area contributed by atoms with Gasteiger partial charge in [0.25, 0.3) is 5.91 Å². The van der Waals surface area contributed by atoms with Crippen LogP contribution in [-0.2, 0) is 13.6 Å². The highest BCUT2D eigenvalue weighted by Gasteiger charge is 2.23. The second kappa shape index (κ2) is 4.92. The highest BCUT2D eigenvalue weighted by Crippen LogP contribution is 2.36. The van der Waals surface area contributed by atoms with E-state index in [1.807, 2.05) is 20.0 Å². The summed E-state index contributed by atoms with van der Waals surface area (Å²) in [5.41, 5.74) is 7.50. The molecule has 0 bridgehead atoms. The van der Waals surface area contributed by atoms with E-state index in [0.29, 0.717) is 17.1 Å². The number of carbonyl (C=O) groups excluding carboxylic acids is 1. The quantitative estimate of drug-likeness (QED) is 0.806. The van der Waals surface area contributed by atoms with E-state index in [9.17, 15) is 4.79 Å². The summed E-state index contributed by atoms with van der Waals surface area (Å²) in [6, 6.07) is 3.64. The third kappa shape index (κ3) is 2.19. The first kappa shape index (κ1) is 13.7. The molecule has 0 saturated heterocycles. The molecule has 3 rings (SSSR count). The lowest BCUT2D eigenvalue weighted by atomic mass is 10.2. The summed E-state index contributed by atoms with van der Waals surface area (Å²) in [5, 5.41) is 5.20. The maximum absolute atomic E-state index is 12.6. The van der Waals surface area contributed by atoms with Crippen molar-refractivity contribution in [2.45, 2.75) is 13.5 Å². The Morgan fingerprint density at radius 2 is 2.33 bits per heavy atom. The summed E-state index contributed by atoms with van der Waals surface area (Å²) in [7, 11) is 3.59. The third-order valence-electron chi connectivity index (χ3n) is 3.40. The van der Waals surface area contributed by atoms with Gasteiger partial charge in [0.05, 0.1) is 29.6 Å². The summed E-state index contributed by atoms with van der Waals surface area (Å²) in [5.74, 6) is 0.632. The first-order valence-corrected chi connectivity index (χ1v) is 7.30. The number of furan rings is 1. The molecule has 0 unspecified atom stereocenters. The van der Waals surface area contributed by atoms with Crippen LogP contribution in [0.15, 0.2) is 22.8 Å². The predicted molar refractivity (Wildman–Crippen MR) is 82.2 cm³/mol. The number of anilines is 1. The number of fused-ring (bicyclic) bond motifs is 1. The van der Waals surface area contributed by atoms with Gasteiger partial charge in [0.15, 0.2) is 0 Å². The monoisotopic (exact) mass is 304 g/mol. The summed E-state index contributed by atoms with van der Waals surface area (Å²) in [6.45, 7) is 2.31. The van der Waals surface area contributed by atoms with Crippen molar-refractivity contribution in [1.82, 2.24) is 14.7 Å². The van der Waals surface area contributed by atoms with Crippen molar-refractivity contribution >= 4 is 33.1 Å². The average Bonchev–Trinajstić information content (AvgIpc) is 3.10. The van der Waals surface area contributed by atoms with Crippen molar-refractivity contribution in [2.75, 3.05) is 12.8 Å². The molecule has 0 fully saturated rings. The molecule has 21 heavy (non-hydrogen) atoms. The van der Waals surface area contributed by atoms with Gasteiger partial charge < -0.3 is 15.1 Å². The minimum atomic E-state index is -0.107. The van der Waals surface area contributed by atoms with Crippen molar-refractivity contribution < 1.29 is 9.21 Å². The molecule has 110 valence electrons. The van der Waals surface area contributed by atoms with Crippen molar-refractivity contribution in [3.63, 3.8) is 0 Å². The summed E-state index contributed by atoms with van der Waals surface area (Å²) in [4.78, 5) is 15.6. The van der Waals surface area contributed by atoms with Gasteiger partial charge in [0.2, 0.25) is 0 Å². The maximum Gasteiger partial charge on any atom is 0.266 e. The van der Waals surface area contributed by atoms with E-state index in [4.69, 9.17) is 10.2 Å². The number of thiophene rings is 1. The van der Waals surface area contributed by atoms with E-state index in [1.165, 1.54) is 11.3 Å². The van der Waals surface area contributed by atoms with Crippen molar-refractivity contribution in [1.29, 1.82) is 0 Å². The molecule has 7 heteroatoms. The summed E-state index contributed by atoms with van der Waals surface area (Å²) >= 11 is 1.37. The van der Waals surface area contributed by atoms with Gasteiger partial charge in [0, 0.05) is 14.1 Å². The number of amides is 1. The number of carbonyl (C=O) groups is 1. The van der Waals surface area contributed by atoms with E-state index in [1.54, 1.807) is 29.0 Å². The lowest BCUT2D eigenvalue weighted by Crippen LogP contribution is -2.25. The van der Waals surface area contributed by atoms with Crippen LogP contribution in [0.5, 0.6) is 0 Å². The van der Waals surface area contributed by atoms with Crippen molar-refractivity contribution in [2.24, 2.45) is 7.05 Å². The number of hydrogen-bond donors (Lipinski definition) is 1. The largest absolute Gasteiger partial charge is 0.467 e. The van der Waals surface area contributed by atoms with Crippen LogP contribution >= 0.6 is 11.3 Å². The van der Waals surface area contributed by atoms with E-state index in [-0.39, 0.29) is 5.91 Å². The number of nitrogen functional groups attached to an aromatic ring is 1. The number of nitrogens with two attached hydrogens (primary N) is 1. The van der Waals surface area contributed by atoms with Gasteiger partial charge in [0.1, 0.15) is 15.5 Å². The Balaban J connectivity index is 1.94. The minimum absolute atomic E-state index is 0.107. The Labute approximate surface area is 125 Å². The van der Waals surface area contributed by atoms with Crippen LogP contribution in [0, 0.1) is 6.92 Å². The Kier molecular flexibility index (Phi) is 3.21. The normalized spacial score (nSPS) is 11.2. The highest BCUT2D eigenvalue weighted by atomic mass is 32.1. The molecule has 0 spiro atoms. The van der Waals surface area contributed by atoms with Crippen molar-refractivity contribution in [3.05, 3.63) is 34.7 Å². The van der Waals surface area contributed by atoms with Gasteiger partial charge in [-0.1, -0.05) is 0 Å². The highest BCUT2D eigenvalue weighted by molar-refractivity contribution is 7.21. The molecule has 0 aromatic carbocycles. The molecule has 3 aromatic heterocycles. The topological polar surface area (TPSA) is 77.3 Å². The predicted octanol–water partition coefficient (Wildman–Crippen LogP) is 2.39. The van der Waals surface area contributed by atoms with Gasteiger partial charge in [-0.05, 0) is 19.1 Å². The molecule has 3 heterocycles. The third-order valence-corrected chi connectivity index (χ3v) is 4.66. The Hall–Kier alpha value is -2.28. The molecule has 0 aliphatic heterocycles. The van der Waals surface area contributed by atoms with Crippen LogP contribution in [0.1, 0.15) is 21.1 Å². The fraction of sp³-hybridized carbons (Fsp3) is 0.286. The number of hydrogen-bond acceptors (Lipinski definition) is 5. The van der Waals surface area contributed by atoms with Crippen LogP contribution < -0.4 is 5.73 Å².